The summed E-state index contributed by atoms with van der Waals surface area (Å²) in [5, 5.41) is 0. The third-order valence-corrected chi connectivity index (χ3v) is 11.4. The quantitative estimate of drug-likeness (QED) is 0.0195. The monoisotopic (exact) mass is 966 g/mol. The zero-order chi connectivity index (χ0) is 49.9. The van der Waals surface area contributed by atoms with Crippen LogP contribution in [-0.4, -0.2) is 70.0 Å². The van der Waals surface area contributed by atoms with E-state index < -0.39 is 32.5 Å². The van der Waals surface area contributed by atoms with Crippen molar-refractivity contribution in [2.24, 2.45) is 0 Å². The van der Waals surface area contributed by atoms with Crippen molar-refractivity contribution in [2.75, 3.05) is 47.5 Å². The zero-order valence-electron chi connectivity index (χ0n) is 43.5. The van der Waals surface area contributed by atoms with Gasteiger partial charge in [0.15, 0.2) is 6.10 Å². The van der Waals surface area contributed by atoms with Gasteiger partial charge >= 0.3 is 11.9 Å². The van der Waals surface area contributed by atoms with Crippen LogP contribution in [0.15, 0.2) is 122 Å². The molecule has 0 amide bonds. The van der Waals surface area contributed by atoms with Gasteiger partial charge in [-0.3, -0.25) is 14.2 Å². The molecule has 0 aromatic rings. The third-order valence-electron chi connectivity index (χ3n) is 10.5. The fourth-order valence-corrected chi connectivity index (χ4v) is 7.14. The molecule has 0 aliphatic rings. The van der Waals surface area contributed by atoms with Crippen LogP contribution in [0, 0.1) is 0 Å². The maximum Gasteiger partial charge on any atom is 0.306 e. The van der Waals surface area contributed by atoms with Crippen molar-refractivity contribution in [2.45, 2.75) is 187 Å². The number of esters is 2. The molecule has 0 aromatic heterocycles. The minimum atomic E-state index is -4.66. The molecule has 68 heavy (non-hydrogen) atoms. The Hall–Kier alpha value is -3.59. The summed E-state index contributed by atoms with van der Waals surface area (Å²) in [7, 11) is 1.10. The van der Waals surface area contributed by atoms with Gasteiger partial charge in [0, 0.05) is 12.8 Å². The van der Waals surface area contributed by atoms with Crippen LogP contribution >= 0.6 is 7.82 Å². The maximum atomic E-state index is 12.7. The van der Waals surface area contributed by atoms with Gasteiger partial charge in [-0.25, -0.2) is 0 Å². The molecule has 0 saturated heterocycles. The van der Waals surface area contributed by atoms with Crippen LogP contribution < -0.4 is 4.89 Å². The van der Waals surface area contributed by atoms with Crippen LogP contribution in [0.2, 0.25) is 0 Å². The number of likely N-dealkylation sites (N-methyl/N-ethyl adjacent to an activating group) is 1. The lowest BCUT2D eigenvalue weighted by Gasteiger charge is -2.28. The number of rotatable bonds is 46. The maximum absolute atomic E-state index is 12.7. The topological polar surface area (TPSA) is 111 Å². The van der Waals surface area contributed by atoms with Gasteiger partial charge in [-0.15, -0.1) is 0 Å². The van der Waals surface area contributed by atoms with Gasteiger partial charge in [0.1, 0.15) is 19.8 Å². The first-order chi connectivity index (χ1) is 33.0. The molecule has 0 aliphatic carbocycles. The second-order valence-corrected chi connectivity index (χ2v) is 19.6. The van der Waals surface area contributed by atoms with Crippen molar-refractivity contribution in [3.8, 4) is 0 Å². The molecule has 0 fully saturated rings. The summed E-state index contributed by atoms with van der Waals surface area (Å²) in [5.74, 6) is -0.929. The lowest BCUT2D eigenvalue weighted by atomic mass is 10.1. The smallest absolute Gasteiger partial charge is 0.306 e. The molecule has 2 atom stereocenters. The van der Waals surface area contributed by atoms with Gasteiger partial charge in [0.25, 0.3) is 7.82 Å². The SMILES string of the molecule is CC/C=C\C/C=C\C/C=C\C/C=C\C/C=C\C/C=C\C/C=C\CCCC(=O)OC(COC(=O)CCCCCCCC/C=C\C/C=C\C/C=C\CCCCCCC)COP(=O)([O-])OCC[N+](C)(C)C. The Kier molecular flexibility index (Phi) is 45.9. The van der Waals surface area contributed by atoms with Crippen molar-refractivity contribution in [3.63, 3.8) is 0 Å². The highest BCUT2D eigenvalue weighted by atomic mass is 31.2. The standard InChI is InChI=1S/C58H96NO8P/c1-6-8-10-12-14-16-18-20-22-24-26-28-29-31-33-35-37-39-41-43-45-47-49-51-58(61)67-56(55-66-68(62,63)65-53-52-59(3,4)5)54-64-57(60)50-48-46-44-42-40-38-36-34-32-30-27-25-23-21-19-17-15-13-11-9-7-2/h8,10,14,16,19-22,25-28,31-34,37,39,43,45,56H,6-7,9,11-13,15,17-18,23-24,29-30,35-36,38,40-42,44,46-55H2,1-5H3/b10-8-,16-14-,21-19-,22-20-,27-25-,28-26-,33-31-,34-32-,39-37-,45-43-. The summed E-state index contributed by atoms with van der Waals surface area (Å²) < 4.78 is 34.0. The Morgan fingerprint density at radius 2 is 0.853 bits per heavy atom. The number of carbonyl (C=O) groups is 2. The first-order valence-electron chi connectivity index (χ1n) is 26.2. The van der Waals surface area contributed by atoms with Crippen molar-refractivity contribution >= 4 is 19.8 Å². The number of phosphoric acid groups is 1. The van der Waals surface area contributed by atoms with Crippen LogP contribution in [0.3, 0.4) is 0 Å². The van der Waals surface area contributed by atoms with Gasteiger partial charge in [-0.1, -0.05) is 187 Å². The second kappa shape index (κ2) is 48.4. The van der Waals surface area contributed by atoms with Crippen LogP contribution in [-0.2, 0) is 32.7 Å². The Morgan fingerprint density at radius 3 is 1.29 bits per heavy atom. The summed E-state index contributed by atoms with van der Waals surface area (Å²) in [4.78, 5) is 37.7. The third kappa shape index (κ3) is 51.8. The summed E-state index contributed by atoms with van der Waals surface area (Å²) in [6, 6.07) is 0. The van der Waals surface area contributed by atoms with E-state index in [1.807, 2.05) is 27.2 Å². The minimum absolute atomic E-state index is 0.0516. The molecule has 0 aliphatic heterocycles. The van der Waals surface area contributed by atoms with Crippen LogP contribution in [0.5, 0.6) is 0 Å². The van der Waals surface area contributed by atoms with Crippen LogP contribution in [0.1, 0.15) is 181 Å². The average molecular weight is 966 g/mol. The Balaban J connectivity index is 4.42. The molecule has 10 heteroatoms. The molecule has 0 bridgehead atoms. The lowest BCUT2D eigenvalue weighted by molar-refractivity contribution is -0.870. The molecular formula is C58H96NO8P. The lowest BCUT2D eigenvalue weighted by Crippen LogP contribution is -2.37. The van der Waals surface area contributed by atoms with E-state index in [9.17, 15) is 19.0 Å². The number of nitrogens with zero attached hydrogens (tertiary/aromatic N) is 1. The Morgan fingerprint density at radius 1 is 0.471 bits per heavy atom. The molecule has 386 valence electrons. The molecule has 2 unspecified atom stereocenters. The Bertz CT molecular complexity index is 1560. The molecule has 0 N–H and O–H groups in total. The molecule has 9 nitrogen and oxygen atoms in total. The van der Waals surface area contributed by atoms with E-state index in [0.29, 0.717) is 30.3 Å². The van der Waals surface area contributed by atoms with Gasteiger partial charge in [-0.05, 0) is 103 Å². The number of phosphoric ester groups is 1. The molecule has 0 aromatic carbocycles. The number of allylic oxidation sites excluding steroid dienone is 20. The molecule has 0 saturated carbocycles. The number of hydrogen-bond acceptors (Lipinski definition) is 8. The van der Waals surface area contributed by atoms with Crippen molar-refractivity contribution in [3.05, 3.63) is 122 Å². The number of carbonyl (C=O) groups excluding carboxylic acids is 2. The van der Waals surface area contributed by atoms with E-state index >= 15 is 0 Å². The van der Waals surface area contributed by atoms with Crippen LogP contribution in [0.25, 0.3) is 0 Å². The molecular weight excluding hydrogens is 870 g/mol. The summed E-state index contributed by atoms with van der Waals surface area (Å²) in [6.07, 6.45) is 68.1. The van der Waals surface area contributed by atoms with E-state index in [0.717, 1.165) is 96.3 Å². The number of unbranched alkanes of at least 4 members (excludes halogenated alkanes) is 12. The van der Waals surface area contributed by atoms with Crippen molar-refractivity contribution in [1.29, 1.82) is 0 Å². The highest BCUT2D eigenvalue weighted by Gasteiger charge is 2.21. The fourth-order valence-electron chi connectivity index (χ4n) is 6.41. The van der Waals surface area contributed by atoms with Gasteiger partial charge in [0.05, 0.1) is 27.7 Å². The number of hydrogen-bond donors (Lipinski definition) is 0. The van der Waals surface area contributed by atoms with E-state index in [4.69, 9.17) is 18.5 Å². The summed E-state index contributed by atoms with van der Waals surface area (Å²) in [5.41, 5.74) is 0. The summed E-state index contributed by atoms with van der Waals surface area (Å²) in [6.45, 7) is 4.00. The van der Waals surface area contributed by atoms with E-state index in [1.54, 1.807) is 0 Å². The van der Waals surface area contributed by atoms with Gasteiger partial charge in [0.2, 0.25) is 0 Å². The molecule has 0 heterocycles. The van der Waals surface area contributed by atoms with Gasteiger partial charge < -0.3 is 27.9 Å². The predicted octanol–water partition coefficient (Wildman–Crippen LogP) is 15.4. The largest absolute Gasteiger partial charge is 0.756 e. The number of ether oxygens (including phenoxy) is 2. The predicted molar refractivity (Wildman–Crippen MR) is 286 cm³/mol. The second-order valence-electron chi connectivity index (χ2n) is 18.1. The first-order valence-corrected chi connectivity index (χ1v) is 27.7. The number of quaternary nitrogens is 1. The Labute approximate surface area is 416 Å². The average Bonchev–Trinajstić information content (AvgIpc) is 3.30. The summed E-state index contributed by atoms with van der Waals surface area (Å²) >= 11 is 0. The highest BCUT2D eigenvalue weighted by molar-refractivity contribution is 7.45. The zero-order valence-corrected chi connectivity index (χ0v) is 44.4. The normalized spacial score (nSPS) is 14.4. The van der Waals surface area contributed by atoms with E-state index in [1.165, 1.54) is 38.5 Å². The first kappa shape index (κ1) is 64.4. The van der Waals surface area contributed by atoms with E-state index in [2.05, 4.69) is 129 Å². The van der Waals surface area contributed by atoms with Gasteiger partial charge in [-0.2, -0.15) is 0 Å². The highest BCUT2D eigenvalue weighted by Crippen LogP contribution is 2.38. The molecule has 0 radical (unpaired) electrons. The van der Waals surface area contributed by atoms with Crippen molar-refractivity contribution in [1.82, 2.24) is 0 Å². The molecule has 0 rings (SSSR count). The van der Waals surface area contributed by atoms with Crippen molar-refractivity contribution < 1.29 is 42.1 Å². The van der Waals surface area contributed by atoms with E-state index in [-0.39, 0.29) is 26.1 Å². The molecule has 0 spiro atoms. The fraction of sp³-hybridized carbons (Fsp3) is 0.621. The van der Waals surface area contributed by atoms with Crippen LogP contribution in [0.4, 0.5) is 0 Å². The minimum Gasteiger partial charge on any atom is -0.756 e.